The molecule has 0 aromatic rings. The van der Waals surface area contributed by atoms with E-state index in [0.717, 1.165) is 0 Å². The van der Waals surface area contributed by atoms with E-state index < -0.39 is 3.98 Å². The van der Waals surface area contributed by atoms with Crippen LogP contribution in [0.1, 0.15) is 0 Å². The average Bonchev–Trinajstić information content (AvgIpc) is 1.35. The lowest BCUT2D eigenvalue weighted by Gasteiger charge is -1.76. The number of rotatable bonds is 1. The molecular weight excluding hydrogens is 199 g/mol. The second-order valence-electron chi connectivity index (χ2n) is 0.452. The van der Waals surface area contributed by atoms with Gasteiger partial charge in [0.25, 0.3) is 0 Å². The largest absolute Gasteiger partial charge is 0.388 e. The normalized spacial score (nSPS) is 6.83. The highest BCUT2D eigenvalue weighted by atomic mass is 127. The number of hydrogen-bond donors (Lipinski definition) is 0. The molecule has 0 aliphatic carbocycles. The highest BCUT2D eigenvalue weighted by Crippen LogP contribution is 1.85. The molecule has 0 saturated carbocycles. The van der Waals surface area contributed by atoms with Crippen LogP contribution in [-0.4, -0.2) is 10.4 Å². The Hall–Kier alpha value is -0.130. The third kappa shape index (κ3) is 3.87. The van der Waals surface area contributed by atoms with Crippen LogP contribution in [0.4, 0.5) is 4.79 Å². The number of carbonyl (C=O) groups excluding carboxylic acids is 2. The monoisotopic (exact) mass is 200 g/mol. The summed E-state index contributed by atoms with van der Waals surface area (Å²) in [6.45, 7) is 0.0920. The Morgan fingerprint density at radius 1 is 1.83 bits per heavy atom. The molecule has 0 spiro atoms. The van der Waals surface area contributed by atoms with Gasteiger partial charge in [0.2, 0.25) is 0 Å². The van der Waals surface area contributed by atoms with E-state index >= 15 is 0 Å². The van der Waals surface area contributed by atoms with Crippen LogP contribution < -0.4 is 0 Å². The van der Waals surface area contributed by atoms with Crippen molar-refractivity contribution in [1.29, 1.82) is 0 Å². The van der Waals surface area contributed by atoms with Gasteiger partial charge in [-0.2, -0.15) is 0 Å². The standard InChI is InChI=1S/C2HIO3/c3-2(5)6-1-4/h1H. The average molecular weight is 200 g/mol. The summed E-state index contributed by atoms with van der Waals surface area (Å²) in [4.78, 5) is 18.7. The lowest BCUT2D eigenvalue weighted by molar-refractivity contribution is -0.122. The van der Waals surface area contributed by atoms with Gasteiger partial charge in [0.15, 0.2) is 0 Å². The maximum atomic E-state index is 9.58. The predicted octanol–water partition coefficient (Wildman–Crippen LogP) is 0.714. The van der Waals surface area contributed by atoms with Gasteiger partial charge in [0.1, 0.15) is 0 Å². The number of carbonyl (C=O) groups is 2. The Bertz CT molecular complexity index is 69.2. The zero-order valence-corrected chi connectivity index (χ0v) is 4.84. The van der Waals surface area contributed by atoms with E-state index in [9.17, 15) is 4.79 Å². The van der Waals surface area contributed by atoms with Crippen molar-refractivity contribution in [2.75, 3.05) is 0 Å². The van der Waals surface area contributed by atoms with Crippen LogP contribution in [0.5, 0.6) is 0 Å². The molecule has 0 radical (unpaired) electrons. The van der Waals surface area contributed by atoms with E-state index in [2.05, 4.69) is 4.74 Å². The predicted molar refractivity (Wildman–Crippen MR) is 26.6 cm³/mol. The Labute approximate surface area is 47.8 Å². The Morgan fingerprint density at radius 3 is 2.33 bits per heavy atom. The first kappa shape index (κ1) is 5.87. The Balaban J connectivity index is 3.05. The van der Waals surface area contributed by atoms with Crippen molar-refractivity contribution in [3.63, 3.8) is 0 Å². The molecule has 0 saturated heterocycles. The van der Waals surface area contributed by atoms with Crippen molar-refractivity contribution in [2.24, 2.45) is 0 Å². The maximum Gasteiger partial charge on any atom is 0.374 e. The third-order valence-electron chi connectivity index (χ3n) is 0.141. The third-order valence-corrected chi connectivity index (χ3v) is 0.395. The van der Waals surface area contributed by atoms with E-state index in [1.165, 1.54) is 22.6 Å². The minimum atomic E-state index is -0.609. The molecule has 0 N–H and O–H groups in total. The van der Waals surface area contributed by atoms with Crippen LogP contribution >= 0.6 is 22.6 Å². The molecule has 3 nitrogen and oxygen atoms in total. The van der Waals surface area contributed by atoms with Gasteiger partial charge in [-0.1, -0.05) is 0 Å². The molecule has 0 fully saturated rings. The van der Waals surface area contributed by atoms with Crippen LogP contribution in [0.3, 0.4) is 0 Å². The highest BCUT2D eigenvalue weighted by Gasteiger charge is 1.85. The highest BCUT2D eigenvalue weighted by molar-refractivity contribution is 14.1. The molecule has 4 heteroatoms. The summed E-state index contributed by atoms with van der Waals surface area (Å²) in [6, 6.07) is 0. The smallest absolute Gasteiger partial charge is 0.374 e. The molecule has 0 atom stereocenters. The van der Waals surface area contributed by atoms with Gasteiger partial charge in [-0.3, -0.25) is 4.79 Å². The molecule has 0 aromatic carbocycles. The summed E-state index contributed by atoms with van der Waals surface area (Å²) in [5.41, 5.74) is 0. The van der Waals surface area contributed by atoms with Crippen molar-refractivity contribution < 1.29 is 14.3 Å². The summed E-state index contributed by atoms with van der Waals surface area (Å²) in [6.07, 6.45) is 0. The Morgan fingerprint density at radius 2 is 2.33 bits per heavy atom. The van der Waals surface area contributed by atoms with E-state index in [1.807, 2.05) is 0 Å². The molecule has 0 bridgehead atoms. The van der Waals surface area contributed by atoms with E-state index in [-0.39, 0.29) is 6.47 Å². The minimum absolute atomic E-state index is 0.0920. The van der Waals surface area contributed by atoms with E-state index in [0.29, 0.717) is 0 Å². The van der Waals surface area contributed by atoms with Crippen molar-refractivity contribution in [3.8, 4) is 0 Å². The minimum Gasteiger partial charge on any atom is -0.388 e. The number of hydrogen-bond acceptors (Lipinski definition) is 3. The first-order chi connectivity index (χ1) is 2.77. The SMILES string of the molecule is O=COC(=O)I. The molecule has 0 aliphatic rings. The molecule has 0 aliphatic heterocycles. The molecule has 6 heavy (non-hydrogen) atoms. The lowest BCUT2D eigenvalue weighted by Crippen LogP contribution is -1.85. The summed E-state index contributed by atoms with van der Waals surface area (Å²) >= 11 is 1.35. The van der Waals surface area contributed by atoms with Crippen molar-refractivity contribution in [2.45, 2.75) is 0 Å². The molecule has 0 aromatic heterocycles. The number of ether oxygens (including phenoxy) is 1. The van der Waals surface area contributed by atoms with Crippen LogP contribution in [0.25, 0.3) is 0 Å². The van der Waals surface area contributed by atoms with Gasteiger partial charge in [-0.25, -0.2) is 4.79 Å². The number of halogens is 1. The van der Waals surface area contributed by atoms with Gasteiger partial charge in [0.05, 0.1) is 22.6 Å². The summed E-state index contributed by atoms with van der Waals surface area (Å²) < 4.78 is 3.10. The van der Waals surface area contributed by atoms with Crippen LogP contribution in [0, 0.1) is 0 Å². The maximum absolute atomic E-state index is 9.58. The van der Waals surface area contributed by atoms with Crippen molar-refractivity contribution >= 4 is 33.0 Å². The van der Waals surface area contributed by atoms with Crippen LogP contribution in [0.2, 0.25) is 0 Å². The molecule has 34 valence electrons. The van der Waals surface area contributed by atoms with E-state index in [1.54, 1.807) is 0 Å². The van der Waals surface area contributed by atoms with Gasteiger partial charge in [-0.05, 0) is 0 Å². The second-order valence-corrected chi connectivity index (χ2v) is 1.33. The van der Waals surface area contributed by atoms with Crippen LogP contribution in [0.15, 0.2) is 0 Å². The Kier molecular flexibility index (Phi) is 3.01. The first-order valence-corrected chi connectivity index (χ1v) is 2.15. The van der Waals surface area contributed by atoms with Gasteiger partial charge in [0, 0.05) is 0 Å². The van der Waals surface area contributed by atoms with Gasteiger partial charge < -0.3 is 4.74 Å². The first-order valence-electron chi connectivity index (χ1n) is 1.07. The second kappa shape index (κ2) is 3.08. The molecule has 0 unspecified atom stereocenters. The van der Waals surface area contributed by atoms with Crippen molar-refractivity contribution in [3.05, 3.63) is 0 Å². The zero-order chi connectivity index (χ0) is 4.99. The zero-order valence-electron chi connectivity index (χ0n) is 2.68. The molecule has 0 rings (SSSR count). The van der Waals surface area contributed by atoms with Crippen molar-refractivity contribution in [1.82, 2.24) is 0 Å². The topological polar surface area (TPSA) is 43.4 Å². The fraction of sp³-hybridized carbons (Fsp3) is 0. The summed E-state index contributed by atoms with van der Waals surface area (Å²) in [5, 5.41) is 0. The molecular formula is C2HIO3. The fourth-order valence-corrected chi connectivity index (χ4v) is 0.142. The van der Waals surface area contributed by atoms with Gasteiger partial charge >= 0.3 is 10.4 Å². The fourth-order valence-electron chi connectivity index (χ4n) is 0.0378. The summed E-state index contributed by atoms with van der Waals surface area (Å²) in [7, 11) is 0. The molecule has 0 amide bonds. The van der Waals surface area contributed by atoms with Crippen LogP contribution in [-0.2, 0) is 9.53 Å². The summed E-state index contributed by atoms with van der Waals surface area (Å²) in [5.74, 6) is 0. The lowest BCUT2D eigenvalue weighted by atomic mass is 11.5. The quantitative estimate of drug-likeness (QED) is 0.271. The van der Waals surface area contributed by atoms with Gasteiger partial charge in [-0.15, -0.1) is 0 Å². The molecule has 0 heterocycles. The van der Waals surface area contributed by atoms with E-state index in [4.69, 9.17) is 4.79 Å².